The quantitative estimate of drug-likeness (QED) is 0.449. The van der Waals surface area contributed by atoms with E-state index in [4.69, 9.17) is 17.0 Å². The number of hydrazine groups is 1. The molecule has 0 aromatic heterocycles. The van der Waals surface area contributed by atoms with Crippen LogP contribution in [0, 0.1) is 0 Å². The summed E-state index contributed by atoms with van der Waals surface area (Å²) in [4.78, 5) is 24.2. The summed E-state index contributed by atoms with van der Waals surface area (Å²) >= 11 is 8.33. The lowest BCUT2D eigenvalue weighted by atomic mass is 9.98. The average Bonchev–Trinajstić information content (AvgIpc) is 2.70. The molecule has 0 aliphatic rings. The van der Waals surface area contributed by atoms with Crippen LogP contribution in [0.2, 0.25) is 0 Å². The second-order valence-corrected chi connectivity index (χ2v) is 7.33. The molecule has 0 saturated heterocycles. The van der Waals surface area contributed by atoms with Crippen molar-refractivity contribution in [2.24, 2.45) is 0 Å². The summed E-state index contributed by atoms with van der Waals surface area (Å²) in [6, 6.07) is 14.6. The van der Waals surface area contributed by atoms with Crippen molar-refractivity contribution in [1.82, 2.24) is 16.2 Å². The van der Waals surface area contributed by atoms with Crippen LogP contribution in [0.1, 0.15) is 42.1 Å². The third-order valence-corrected chi connectivity index (χ3v) is 4.98. The van der Waals surface area contributed by atoms with Crippen molar-refractivity contribution in [3.8, 4) is 5.75 Å². The zero-order chi connectivity index (χ0) is 20.5. The molecule has 6 nitrogen and oxygen atoms in total. The molecule has 2 rings (SSSR count). The molecule has 148 valence electrons. The van der Waals surface area contributed by atoms with E-state index in [1.54, 1.807) is 24.3 Å². The molecule has 0 heterocycles. The Hall–Kier alpha value is -2.45. The van der Waals surface area contributed by atoms with E-state index in [0.717, 1.165) is 12.0 Å². The minimum atomic E-state index is -0.420. The topological polar surface area (TPSA) is 79.5 Å². The van der Waals surface area contributed by atoms with Gasteiger partial charge in [-0.3, -0.25) is 25.8 Å². The minimum absolute atomic E-state index is 0.0193. The second kappa shape index (κ2) is 10.8. The Bertz CT molecular complexity index is 860. The van der Waals surface area contributed by atoms with Crippen LogP contribution in [0.3, 0.4) is 0 Å². The van der Waals surface area contributed by atoms with Gasteiger partial charge in [0.05, 0.1) is 5.56 Å². The fourth-order valence-corrected chi connectivity index (χ4v) is 3.00. The number of halogens is 1. The number of ether oxygens (including phenoxy) is 1. The summed E-state index contributed by atoms with van der Waals surface area (Å²) in [6.07, 6.45) is 0.972. The molecule has 28 heavy (non-hydrogen) atoms. The van der Waals surface area contributed by atoms with Crippen LogP contribution < -0.4 is 20.9 Å². The first kappa shape index (κ1) is 21.8. The first-order chi connectivity index (χ1) is 13.4. The van der Waals surface area contributed by atoms with E-state index in [2.05, 4.69) is 45.9 Å². The zero-order valence-electron chi connectivity index (χ0n) is 15.6. The average molecular weight is 464 g/mol. The van der Waals surface area contributed by atoms with Crippen molar-refractivity contribution < 1.29 is 14.3 Å². The number of amides is 2. The number of thiocarbonyl (C=S) groups is 1. The SMILES string of the molecule is CCC(C)c1ccccc1OCC(=O)NNC(=S)NC(=O)c1ccccc1Br. The van der Waals surface area contributed by atoms with Gasteiger partial charge in [0.15, 0.2) is 11.7 Å². The third kappa shape index (κ3) is 6.31. The lowest BCUT2D eigenvalue weighted by Crippen LogP contribution is -2.49. The maximum Gasteiger partial charge on any atom is 0.276 e. The van der Waals surface area contributed by atoms with Gasteiger partial charge in [-0.15, -0.1) is 0 Å². The Balaban J connectivity index is 1.81. The zero-order valence-corrected chi connectivity index (χ0v) is 18.0. The minimum Gasteiger partial charge on any atom is -0.483 e. The van der Waals surface area contributed by atoms with Crippen LogP contribution in [0.4, 0.5) is 0 Å². The highest BCUT2D eigenvalue weighted by atomic mass is 79.9. The van der Waals surface area contributed by atoms with Gasteiger partial charge in [-0.25, -0.2) is 0 Å². The maximum absolute atomic E-state index is 12.2. The summed E-state index contributed by atoms with van der Waals surface area (Å²) in [5, 5.41) is 2.47. The Kier molecular flexibility index (Phi) is 8.41. The molecule has 1 atom stereocenters. The van der Waals surface area contributed by atoms with Crippen molar-refractivity contribution in [3.05, 3.63) is 64.1 Å². The molecular weight excluding hydrogens is 442 g/mol. The van der Waals surface area contributed by atoms with Gasteiger partial charge in [0.1, 0.15) is 5.75 Å². The van der Waals surface area contributed by atoms with Gasteiger partial charge in [0.25, 0.3) is 11.8 Å². The van der Waals surface area contributed by atoms with Crippen molar-refractivity contribution in [2.75, 3.05) is 6.61 Å². The van der Waals surface area contributed by atoms with Gasteiger partial charge < -0.3 is 4.74 Å². The normalized spacial score (nSPS) is 11.2. The van der Waals surface area contributed by atoms with E-state index in [1.165, 1.54) is 0 Å². The number of benzene rings is 2. The Labute approximate surface area is 178 Å². The number of hydrogen-bond donors (Lipinski definition) is 3. The van der Waals surface area contributed by atoms with Crippen LogP contribution in [-0.2, 0) is 4.79 Å². The van der Waals surface area contributed by atoms with Crippen molar-refractivity contribution in [1.29, 1.82) is 0 Å². The number of hydrogen-bond acceptors (Lipinski definition) is 4. The highest BCUT2D eigenvalue weighted by Gasteiger charge is 2.13. The summed E-state index contributed by atoms with van der Waals surface area (Å²) in [5.41, 5.74) is 6.39. The predicted octanol–water partition coefficient (Wildman–Crippen LogP) is 3.68. The van der Waals surface area contributed by atoms with E-state index in [0.29, 0.717) is 21.7 Å². The largest absolute Gasteiger partial charge is 0.483 e. The maximum atomic E-state index is 12.2. The molecule has 3 N–H and O–H groups in total. The first-order valence-electron chi connectivity index (χ1n) is 8.78. The van der Waals surface area contributed by atoms with E-state index < -0.39 is 11.8 Å². The standard InChI is InChI=1S/C20H22BrN3O3S/c1-3-13(2)14-8-5-7-11-17(14)27-12-18(25)23-24-20(28)22-19(26)15-9-4-6-10-16(15)21/h4-11,13H,3,12H2,1-2H3,(H,23,25)(H2,22,24,26,28). The van der Waals surface area contributed by atoms with Gasteiger partial charge in [-0.1, -0.05) is 44.2 Å². The van der Waals surface area contributed by atoms with Crippen molar-refractivity contribution >= 4 is 45.1 Å². The van der Waals surface area contributed by atoms with Crippen LogP contribution >= 0.6 is 28.1 Å². The molecule has 0 bridgehead atoms. The highest BCUT2D eigenvalue weighted by Crippen LogP contribution is 2.28. The van der Waals surface area contributed by atoms with Gasteiger partial charge in [0, 0.05) is 4.47 Å². The number of rotatable bonds is 6. The number of carbonyl (C=O) groups excluding carboxylic acids is 2. The summed E-state index contributed by atoms with van der Waals surface area (Å²) in [6.45, 7) is 4.03. The molecule has 0 radical (unpaired) electrons. The van der Waals surface area contributed by atoms with Gasteiger partial charge in [-0.05, 0) is 64.2 Å². The predicted molar refractivity (Wildman–Crippen MR) is 116 cm³/mol. The Morgan fingerprint density at radius 1 is 1.11 bits per heavy atom. The molecule has 0 spiro atoms. The smallest absolute Gasteiger partial charge is 0.276 e. The first-order valence-corrected chi connectivity index (χ1v) is 9.99. The lowest BCUT2D eigenvalue weighted by Gasteiger charge is -2.16. The Morgan fingerprint density at radius 2 is 1.79 bits per heavy atom. The van der Waals surface area contributed by atoms with Crippen LogP contribution in [0.5, 0.6) is 5.75 Å². The molecular formula is C20H22BrN3O3S. The summed E-state index contributed by atoms with van der Waals surface area (Å²) < 4.78 is 6.28. The molecule has 2 aromatic carbocycles. The fourth-order valence-electron chi connectivity index (χ4n) is 2.39. The fraction of sp³-hybridized carbons (Fsp3) is 0.250. The van der Waals surface area contributed by atoms with E-state index in [-0.39, 0.29) is 11.7 Å². The molecule has 0 fully saturated rings. The molecule has 0 aliphatic carbocycles. The van der Waals surface area contributed by atoms with Crippen molar-refractivity contribution in [3.63, 3.8) is 0 Å². The second-order valence-electron chi connectivity index (χ2n) is 6.07. The van der Waals surface area contributed by atoms with Gasteiger partial charge in [0.2, 0.25) is 0 Å². The summed E-state index contributed by atoms with van der Waals surface area (Å²) in [7, 11) is 0. The molecule has 0 saturated carbocycles. The summed E-state index contributed by atoms with van der Waals surface area (Å²) in [5.74, 6) is 0.198. The number of carbonyl (C=O) groups is 2. The number of nitrogens with one attached hydrogen (secondary N) is 3. The van der Waals surface area contributed by atoms with Gasteiger partial charge in [-0.2, -0.15) is 0 Å². The van der Waals surface area contributed by atoms with Crippen LogP contribution in [-0.4, -0.2) is 23.5 Å². The molecule has 1 unspecified atom stereocenters. The van der Waals surface area contributed by atoms with Crippen molar-refractivity contribution in [2.45, 2.75) is 26.2 Å². The number of para-hydroxylation sites is 1. The molecule has 0 aliphatic heterocycles. The van der Waals surface area contributed by atoms with E-state index >= 15 is 0 Å². The monoisotopic (exact) mass is 463 g/mol. The molecule has 2 amide bonds. The molecule has 8 heteroatoms. The van der Waals surface area contributed by atoms with E-state index in [9.17, 15) is 9.59 Å². The Morgan fingerprint density at radius 3 is 2.50 bits per heavy atom. The molecule has 2 aromatic rings. The highest BCUT2D eigenvalue weighted by molar-refractivity contribution is 9.10. The van der Waals surface area contributed by atoms with E-state index in [1.807, 2.05) is 24.3 Å². The lowest BCUT2D eigenvalue weighted by molar-refractivity contribution is -0.123. The van der Waals surface area contributed by atoms with Crippen LogP contribution in [0.25, 0.3) is 0 Å². The van der Waals surface area contributed by atoms with Gasteiger partial charge >= 0.3 is 0 Å². The van der Waals surface area contributed by atoms with Crippen LogP contribution in [0.15, 0.2) is 53.0 Å². The third-order valence-electron chi connectivity index (χ3n) is 4.08.